The van der Waals surface area contributed by atoms with Crippen LogP contribution in [0.2, 0.25) is 0 Å². The van der Waals surface area contributed by atoms with Crippen molar-refractivity contribution >= 4 is 11.8 Å². The van der Waals surface area contributed by atoms with Gasteiger partial charge in [0.1, 0.15) is 0 Å². The minimum Gasteiger partial charge on any atom is -0.493 e. The van der Waals surface area contributed by atoms with E-state index in [2.05, 4.69) is 5.32 Å². The number of carbonyl (C=O) groups excluding carboxylic acids is 2. The third-order valence-electron chi connectivity index (χ3n) is 4.30. The molecule has 0 heterocycles. The Morgan fingerprint density at radius 3 is 2.31 bits per heavy atom. The number of likely N-dealkylation sites (N-methyl/N-ethyl adjacent to an activating group) is 1. The molecule has 0 radical (unpaired) electrons. The van der Waals surface area contributed by atoms with Crippen molar-refractivity contribution in [1.29, 1.82) is 0 Å². The monoisotopic (exact) mass is 356 g/mol. The molecule has 2 aromatic rings. The minimum absolute atomic E-state index is 0.0818. The van der Waals surface area contributed by atoms with Crippen LogP contribution in [0.1, 0.15) is 28.9 Å². The zero-order valence-corrected chi connectivity index (χ0v) is 15.5. The fourth-order valence-corrected chi connectivity index (χ4v) is 2.53. The van der Waals surface area contributed by atoms with Gasteiger partial charge in [-0.15, -0.1) is 0 Å². The molecule has 0 saturated carbocycles. The molecule has 26 heavy (non-hydrogen) atoms. The lowest BCUT2D eigenvalue weighted by atomic mass is 10.1. The van der Waals surface area contributed by atoms with E-state index in [0.717, 1.165) is 5.56 Å². The van der Waals surface area contributed by atoms with Gasteiger partial charge in [-0.25, -0.2) is 0 Å². The highest BCUT2D eigenvalue weighted by molar-refractivity contribution is 5.97. The molecule has 0 aromatic heterocycles. The molecular weight excluding hydrogens is 332 g/mol. The third-order valence-corrected chi connectivity index (χ3v) is 4.30. The van der Waals surface area contributed by atoms with Crippen molar-refractivity contribution in [3.63, 3.8) is 0 Å². The Morgan fingerprint density at radius 2 is 1.69 bits per heavy atom. The zero-order chi connectivity index (χ0) is 19.1. The lowest BCUT2D eigenvalue weighted by Gasteiger charge is -2.25. The van der Waals surface area contributed by atoms with Gasteiger partial charge >= 0.3 is 0 Å². The van der Waals surface area contributed by atoms with Crippen LogP contribution < -0.4 is 14.8 Å². The molecule has 138 valence electrons. The molecule has 0 saturated heterocycles. The van der Waals surface area contributed by atoms with Gasteiger partial charge in [0.2, 0.25) is 5.91 Å². The molecule has 0 aliphatic rings. The number of ether oxygens (including phenoxy) is 2. The normalized spacial score (nSPS) is 11.4. The van der Waals surface area contributed by atoms with E-state index in [1.54, 1.807) is 30.1 Å². The highest BCUT2D eigenvalue weighted by Gasteiger charge is 2.18. The summed E-state index contributed by atoms with van der Waals surface area (Å²) in [7, 11) is 4.76. The molecule has 6 nitrogen and oxygen atoms in total. The van der Waals surface area contributed by atoms with Gasteiger partial charge in [0.25, 0.3) is 5.91 Å². The molecule has 2 amide bonds. The lowest BCUT2D eigenvalue weighted by molar-refractivity contribution is -0.130. The summed E-state index contributed by atoms with van der Waals surface area (Å²) in [5.41, 5.74) is 1.43. The van der Waals surface area contributed by atoms with Crippen LogP contribution in [-0.2, 0) is 4.79 Å². The van der Waals surface area contributed by atoms with Gasteiger partial charge in [-0.3, -0.25) is 9.59 Å². The Morgan fingerprint density at radius 1 is 1.04 bits per heavy atom. The number of methoxy groups -OCH3 is 2. The van der Waals surface area contributed by atoms with Gasteiger partial charge < -0.3 is 19.7 Å². The van der Waals surface area contributed by atoms with E-state index in [1.165, 1.54) is 14.2 Å². The summed E-state index contributed by atoms with van der Waals surface area (Å²) in [5, 5.41) is 2.65. The van der Waals surface area contributed by atoms with Gasteiger partial charge in [0, 0.05) is 12.6 Å². The van der Waals surface area contributed by atoms with Crippen LogP contribution in [0.5, 0.6) is 11.5 Å². The molecule has 6 heteroatoms. The van der Waals surface area contributed by atoms with Gasteiger partial charge in [-0.1, -0.05) is 30.3 Å². The zero-order valence-electron chi connectivity index (χ0n) is 15.5. The first-order chi connectivity index (χ1) is 12.5. The number of nitrogens with zero attached hydrogens (tertiary/aromatic N) is 1. The first kappa shape index (κ1) is 19.3. The van der Waals surface area contributed by atoms with Crippen LogP contribution in [0.15, 0.2) is 48.5 Å². The van der Waals surface area contributed by atoms with Gasteiger partial charge in [-0.05, 0) is 30.7 Å². The van der Waals surface area contributed by atoms with E-state index in [9.17, 15) is 9.59 Å². The summed E-state index contributed by atoms with van der Waals surface area (Å²) >= 11 is 0. The van der Waals surface area contributed by atoms with Crippen LogP contribution in [0.4, 0.5) is 0 Å². The second kappa shape index (κ2) is 8.89. The Bertz CT molecular complexity index is 762. The van der Waals surface area contributed by atoms with Gasteiger partial charge in [-0.2, -0.15) is 0 Å². The third kappa shape index (κ3) is 4.53. The smallest absolute Gasteiger partial charge is 0.251 e. The minimum atomic E-state index is -0.347. The van der Waals surface area contributed by atoms with Crippen molar-refractivity contribution in [3.8, 4) is 11.5 Å². The van der Waals surface area contributed by atoms with Crippen molar-refractivity contribution < 1.29 is 19.1 Å². The Hall–Kier alpha value is -3.02. The summed E-state index contributed by atoms with van der Waals surface area (Å²) in [5.74, 6) is 0.480. The molecule has 1 atom stereocenters. The van der Waals surface area contributed by atoms with Crippen LogP contribution in [0, 0.1) is 0 Å². The fraction of sp³-hybridized carbons (Fsp3) is 0.300. The summed E-state index contributed by atoms with van der Waals surface area (Å²) in [6.07, 6.45) is 0. The average Bonchev–Trinajstić information content (AvgIpc) is 2.70. The fourth-order valence-electron chi connectivity index (χ4n) is 2.53. The lowest BCUT2D eigenvalue weighted by Crippen LogP contribution is -2.39. The molecule has 1 unspecified atom stereocenters. The topological polar surface area (TPSA) is 67.9 Å². The summed E-state index contributed by atoms with van der Waals surface area (Å²) < 4.78 is 10.3. The second-order valence-corrected chi connectivity index (χ2v) is 5.84. The number of amides is 2. The van der Waals surface area contributed by atoms with Crippen molar-refractivity contribution in [2.75, 3.05) is 27.8 Å². The van der Waals surface area contributed by atoms with E-state index >= 15 is 0 Å². The quantitative estimate of drug-likeness (QED) is 0.828. The number of benzene rings is 2. The van der Waals surface area contributed by atoms with E-state index in [1.807, 2.05) is 37.3 Å². The second-order valence-electron chi connectivity index (χ2n) is 5.84. The molecule has 0 fully saturated rings. The molecule has 0 aliphatic carbocycles. The first-order valence-electron chi connectivity index (χ1n) is 8.28. The van der Waals surface area contributed by atoms with E-state index in [-0.39, 0.29) is 24.4 Å². The van der Waals surface area contributed by atoms with E-state index in [0.29, 0.717) is 17.1 Å². The van der Waals surface area contributed by atoms with Crippen molar-refractivity contribution in [1.82, 2.24) is 10.2 Å². The van der Waals surface area contributed by atoms with Crippen molar-refractivity contribution in [2.24, 2.45) is 0 Å². The highest BCUT2D eigenvalue weighted by atomic mass is 16.5. The Labute approximate surface area is 153 Å². The van der Waals surface area contributed by atoms with Gasteiger partial charge in [0.05, 0.1) is 26.8 Å². The molecular formula is C20H24N2O4. The summed E-state index contributed by atoms with van der Waals surface area (Å²) in [4.78, 5) is 26.3. The predicted octanol–water partition coefficient (Wildman–Crippen LogP) is 2.65. The number of hydrogen-bond acceptors (Lipinski definition) is 4. The number of rotatable bonds is 7. The Balaban J connectivity index is 1.97. The van der Waals surface area contributed by atoms with Crippen molar-refractivity contribution in [3.05, 3.63) is 59.7 Å². The molecule has 2 aromatic carbocycles. The number of nitrogens with one attached hydrogen (secondary N) is 1. The molecule has 0 spiro atoms. The average molecular weight is 356 g/mol. The maximum Gasteiger partial charge on any atom is 0.251 e. The predicted molar refractivity (Wildman–Crippen MR) is 99.5 cm³/mol. The van der Waals surface area contributed by atoms with Crippen LogP contribution >= 0.6 is 0 Å². The summed E-state index contributed by atoms with van der Waals surface area (Å²) in [6.45, 7) is 1.87. The van der Waals surface area contributed by atoms with E-state index < -0.39 is 0 Å². The number of carbonyl (C=O) groups is 2. The molecule has 0 aliphatic heterocycles. The van der Waals surface area contributed by atoms with Crippen LogP contribution in [0.3, 0.4) is 0 Å². The molecule has 1 N–H and O–H groups in total. The first-order valence-corrected chi connectivity index (χ1v) is 8.28. The Kier molecular flexibility index (Phi) is 6.60. The summed E-state index contributed by atoms with van der Waals surface area (Å²) in [6, 6.07) is 14.5. The standard InChI is InChI=1S/C20H24N2O4/c1-14(15-8-6-5-7-9-15)22(2)19(23)13-21-20(24)16-10-11-17(25-3)18(12-16)26-4/h5-12,14H,13H2,1-4H3,(H,21,24). The highest BCUT2D eigenvalue weighted by Crippen LogP contribution is 2.27. The largest absolute Gasteiger partial charge is 0.493 e. The maximum atomic E-state index is 12.4. The molecule has 0 bridgehead atoms. The van der Waals surface area contributed by atoms with E-state index in [4.69, 9.17) is 9.47 Å². The SMILES string of the molecule is COc1ccc(C(=O)NCC(=O)N(C)C(C)c2ccccc2)cc1OC. The number of hydrogen-bond donors (Lipinski definition) is 1. The van der Waals surface area contributed by atoms with Crippen LogP contribution in [-0.4, -0.2) is 44.5 Å². The van der Waals surface area contributed by atoms with Gasteiger partial charge in [0.15, 0.2) is 11.5 Å². The maximum absolute atomic E-state index is 12.4. The molecule has 2 rings (SSSR count). The van der Waals surface area contributed by atoms with Crippen molar-refractivity contribution in [2.45, 2.75) is 13.0 Å². The van der Waals surface area contributed by atoms with Crippen LogP contribution in [0.25, 0.3) is 0 Å².